The van der Waals surface area contributed by atoms with Crippen molar-refractivity contribution in [3.8, 4) is 0 Å². The molecule has 1 heterocycles. The van der Waals surface area contributed by atoms with Crippen LogP contribution in [0.25, 0.3) is 0 Å². The van der Waals surface area contributed by atoms with Crippen molar-refractivity contribution in [2.24, 2.45) is 0 Å². The Morgan fingerprint density at radius 2 is 2.43 bits per heavy atom. The van der Waals surface area contributed by atoms with Crippen molar-refractivity contribution in [2.45, 2.75) is 4.21 Å². The number of thiol groups is 1. The minimum absolute atomic E-state index is 0. The van der Waals surface area contributed by atoms with E-state index in [1.807, 2.05) is 0 Å². The molecule has 0 spiro atoms. The van der Waals surface area contributed by atoms with Crippen molar-refractivity contribution < 1.29 is 0 Å². The molecule has 0 aromatic carbocycles. The summed E-state index contributed by atoms with van der Waals surface area (Å²) in [6.45, 7) is 0. The third-order valence-corrected chi connectivity index (χ3v) is 1.18. The van der Waals surface area contributed by atoms with Crippen molar-refractivity contribution in [3.05, 3.63) is 6.20 Å². The van der Waals surface area contributed by atoms with Crippen LogP contribution in [0.4, 0.5) is 0 Å². The van der Waals surface area contributed by atoms with E-state index in [4.69, 9.17) is 0 Å². The van der Waals surface area contributed by atoms with Crippen LogP contribution in [-0.2, 0) is 0 Å². The summed E-state index contributed by atoms with van der Waals surface area (Å²) in [5, 5.41) is 3.51. The predicted molar refractivity (Wildman–Crippen MR) is 34.3 cm³/mol. The van der Waals surface area contributed by atoms with E-state index in [1.165, 1.54) is 11.5 Å². The van der Waals surface area contributed by atoms with Crippen molar-refractivity contribution in [1.82, 2.24) is 9.59 Å². The summed E-state index contributed by atoms with van der Waals surface area (Å²) in [6.07, 6.45) is 1.60. The monoisotopic (exact) mass is 158 g/mol. The molecule has 0 unspecified atom stereocenters. The first kappa shape index (κ1) is 8.55. The second-order valence-electron chi connectivity index (χ2n) is 0.756. The third kappa shape index (κ3) is 3.18. The first-order valence-corrected chi connectivity index (χ1v) is 2.58. The Balaban J connectivity index is 0.000000360. The van der Waals surface area contributed by atoms with Crippen LogP contribution in [0, 0.1) is 0 Å². The van der Waals surface area contributed by atoms with Crippen LogP contribution in [0.15, 0.2) is 10.4 Å². The molecule has 0 saturated carbocycles. The van der Waals surface area contributed by atoms with Crippen molar-refractivity contribution in [3.63, 3.8) is 0 Å². The molecule has 34 valence electrons. The second-order valence-corrected chi connectivity index (χ2v) is 2.33. The van der Waals surface area contributed by atoms with E-state index < -0.39 is 0 Å². The normalized spacial score (nSPS) is 7.57. The van der Waals surface area contributed by atoms with Crippen LogP contribution < -0.4 is 0 Å². The Labute approximate surface area is 93.7 Å². The molecule has 1 rings (SSSR count). The van der Waals surface area contributed by atoms with Gasteiger partial charge in [0.2, 0.25) is 0 Å². The molecule has 1 aromatic heterocycles. The predicted octanol–water partition coefficient (Wildman–Crippen LogP) is 0.178. The van der Waals surface area contributed by atoms with E-state index in [1.54, 1.807) is 6.20 Å². The van der Waals surface area contributed by atoms with Gasteiger partial charge in [0.05, 0.1) is 10.4 Å². The molecule has 0 aliphatic carbocycles. The molecule has 0 radical (unpaired) electrons. The van der Waals surface area contributed by atoms with E-state index in [-0.39, 0.29) is 51.4 Å². The fourth-order valence-corrected chi connectivity index (χ4v) is 0.595. The van der Waals surface area contributed by atoms with E-state index in [2.05, 4.69) is 22.2 Å². The van der Waals surface area contributed by atoms with Crippen molar-refractivity contribution in [2.75, 3.05) is 0 Å². The molecule has 0 fully saturated rings. The zero-order valence-electron chi connectivity index (χ0n) is 2.83. The van der Waals surface area contributed by atoms with Gasteiger partial charge in [-0.25, -0.2) is 0 Å². The Bertz CT molecular complexity index is 117. The third-order valence-electron chi connectivity index (χ3n) is 0.350. The average molecular weight is 158 g/mol. The van der Waals surface area contributed by atoms with Crippen LogP contribution >= 0.6 is 24.2 Å². The molecule has 0 saturated heterocycles. The minimum atomic E-state index is 0. The van der Waals surface area contributed by atoms with Gasteiger partial charge in [-0.15, -0.1) is 17.7 Å². The van der Waals surface area contributed by atoms with Gasteiger partial charge >= 0.3 is 51.4 Å². The Morgan fingerprint density at radius 1 is 1.71 bits per heavy atom. The van der Waals surface area contributed by atoms with Crippen LogP contribution in [0.1, 0.15) is 0 Å². The molecule has 5 heteroatoms. The zero-order chi connectivity index (χ0) is 4.41. The zero-order valence-corrected chi connectivity index (χ0v) is 4.54. The number of nitrogens with zero attached hydrogens (tertiary/aromatic N) is 2. The van der Waals surface area contributed by atoms with Gasteiger partial charge in [-0.05, 0) is 11.5 Å². The molecule has 0 amide bonds. The van der Waals surface area contributed by atoms with Crippen molar-refractivity contribution >= 4 is 75.5 Å². The molecule has 2 nitrogen and oxygen atoms in total. The van der Waals surface area contributed by atoms with Gasteiger partial charge in [0.15, 0.2) is 0 Å². The topological polar surface area (TPSA) is 25.8 Å². The van der Waals surface area contributed by atoms with Gasteiger partial charge < -0.3 is 0 Å². The van der Waals surface area contributed by atoms with E-state index in [0.29, 0.717) is 0 Å². The number of rotatable bonds is 0. The van der Waals surface area contributed by atoms with Crippen LogP contribution in [-0.4, -0.2) is 61.0 Å². The number of aromatic nitrogens is 2. The summed E-state index contributed by atoms with van der Waals surface area (Å²) in [6, 6.07) is 0. The number of hydrogen-bond donors (Lipinski definition) is 1. The molecule has 0 atom stereocenters. The molecule has 0 aliphatic heterocycles. The fraction of sp³-hybridized carbons (Fsp3) is 0. The summed E-state index contributed by atoms with van der Waals surface area (Å²) in [5.41, 5.74) is 0. The molecule has 7 heavy (non-hydrogen) atoms. The van der Waals surface area contributed by atoms with E-state index in [0.717, 1.165) is 4.21 Å². The fourth-order valence-electron chi connectivity index (χ4n) is 0.162. The maximum absolute atomic E-state index is 3.93. The van der Waals surface area contributed by atoms with Gasteiger partial charge in [0, 0.05) is 0 Å². The Hall–Kier alpha value is 1.55. The Morgan fingerprint density at radius 3 is 2.57 bits per heavy atom. The van der Waals surface area contributed by atoms with Crippen LogP contribution in [0.2, 0.25) is 0 Å². The van der Waals surface area contributed by atoms with Crippen molar-refractivity contribution in [1.29, 1.82) is 0 Å². The van der Waals surface area contributed by atoms with Crippen LogP contribution in [0.3, 0.4) is 0 Å². The van der Waals surface area contributed by atoms with Gasteiger partial charge in [-0.2, -0.15) is 0 Å². The molecular formula is C2H3KN2S2. The second kappa shape index (κ2) is 4.43. The summed E-state index contributed by atoms with van der Waals surface area (Å²) in [7, 11) is 0. The Kier molecular flexibility index (Phi) is 5.41. The summed E-state index contributed by atoms with van der Waals surface area (Å²) in [4.78, 5) is 0. The van der Waals surface area contributed by atoms with Gasteiger partial charge in [-0.1, -0.05) is 4.49 Å². The molecular weight excluding hydrogens is 155 g/mol. The molecule has 0 aliphatic rings. The van der Waals surface area contributed by atoms with E-state index >= 15 is 0 Å². The first-order chi connectivity index (χ1) is 2.89. The first-order valence-electron chi connectivity index (χ1n) is 1.36. The quantitative estimate of drug-likeness (QED) is 0.430. The van der Waals surface area contributed by atoms with E-state index in [9.17, 15) is 0 Å². The van der Waals surface area contributed by atoms with Crippen LogP contribution in [0.5, 0.6) is 0 Å². The molecule has 0 N–H and O–H groups in total. The standard InChI is InChI=1S/C2H2N2S2.K.H/c5-2-1-3-4-6-2;;/h1,5H;;. The molecule has 1 aromatic rings. The summed E-state index contributed by atoms with van der Waals surface area (Å²) in [5.74, 6) is 0. The summed E-state index contributed by atoms with van der Waals surface area (Å²) >= 11 is 5.21. The summed E-state index contributed by atoms with van der Waals surface area (Å²) < 4.78 is 4.39. The number of hydrogen-bond acceptors (Lipinski definition) is 4. The SMILES string of the molecule is Sc1cnns1.[KH]. The van der Waals surface area contributed by atoms with Gasteiger partial charge in [0.1, 0.15) is 0 Å². The maximum atomic E-state index is 3.93. The van der Waals surface area contributed by atoms with Gasteiger partial charge in [0.25, 0.3) is 0 Å². The average Bonchev–Trinajstić information content (AvgIpc) is 1.86. The van der Waals surface area contributed by atoms with Gasteiger partial charge in [-0.3, -0.25) is 0 Å². The molecule has 0 bridgehead atoms.